The Kier molecular flexibility index (Phi) is 2.89. The molecule has 1 aliphatic heterocycles. The molecule has 1 fully saturated rings. The van der Waals surface area contributed by atoms with Gasteiger partial charge in [-0.15, -0.1) is 0 Å². The maximum Gasteiger partial charge on any atom is 0.0233 e. The topological polar surface area (TPSA) is 3.24 Å². The monoisotopic (exact) mass is 287 g/mol. The van der Waals surface area contributed by atoms with Gasteiger partial charge in [0.05, 0.1) is 0 Å². The molecule has 70 valence electrons. The molecule has 0 aromatic heterocycles. The van der Waals surface area contributed by atoms with Crippen molar-refractivity contribution in [1.82, 2.24) is 4.90 Å². The van der Waals surface area contributed by atoms with E-state index in [9.17, 15) is 0 Å². The van der Waals surface area contributed by atoms with E-state index in [-0.39, 0.29) is 0 Å². The van der Waals surface area contributed by atoms with Crippen molar-refractivity contribution in [1.29, 1.82) is 0 Å². The molecule has 0 atom stereocenters. The van der Waals surface area contributed by atoms with Gasteiger partial charge in [0.25, 0.3) is 0 Å². The number of hydrogen-bond donors (Lipinski definition) is 0. The van der Waals surface area contributed by atoms with Crippen LogP contribution in [0.2, 0.25) is 0 Å². The van der Waals surface area contributed by atoms with Crippen LogP contribution in [0.3, 0.4) is 0 Å². The van der Waals surface area contributed by atoms with Crippen LogP contribution in [0.4, 0.5) is 0 Å². The number of benzene rings is 1. The fraction of sp³-hybridized carbons (Fsp3) is 0.455. The minimum Gasteiger partial charge on any atom is -0.298 e. The number of halogens is 1. The molecule has 0 saturated carbocycles. The number of hydrogen-bond acceptors (Lipinski definition) is 1. The first kappa shape index (κ1) is 9.46. The number of likely N-dealkylation sites (tertiary alicyclic amines) is 1. The molecule has 1 heterocycles. The van der Waals surface area contributed by atoms with Gasteiger partial charge in [0.2, 0.25) is 0 Å². The maximum atomic E-state index is 2.49. The van der Waals surface area contributed by atoms with Crippen LogP contribution in [0, 0.1) is 9.49 Å². The molecule has 1 nitrogen and oxygen atoms in total. The molecular formula is C11H14IN. The van der Waals surface area contributed by atoms with Crippen molar-refractivity contribution < 1.29 is 0 Å². The van der Waals surface area contributed by atoms with Gasteiger partial charge in [0, 0.05) is 23.2 Å². The van der Waals surface area contributed by atoms with Crippen molar-refractivity contribution in [2.45, 2.75) is 13.5 Å². The second-order valence-electron chi connectivity index (χ2n) is 3.93. The van der Waals surface area contributed by atoms with Crippen molar-refractivity contribution in [3.05, 3.63) is 33.4 Å². The Hall–Kier alpha value is -0.0900. The lowest BCUT2D eigenvalue weighted by Gasteiger charge is -2.37. The molecular weight excluding hydrogens is 273 g/mol. The van der Waals surface area contributed by atoms with Crippen LogP contribution in [0.25, 0.3) is 0 Å². The molecule has 2 rings (SSSR count). The highest BCUT2D eigenvalue weighted by Gasteiger charge is 2.21. The van der Waals surface area contributed by atoms with Gasteiger partial charge in [-0.05, 0) is 46.2 Å². The third kappa shape index (κ3) is 2.44. The van der Waals surface area contributed by atoms with Crippen molar-refractivity contribution in [3.63, 3.8) is 0 Å². The predicted octanol–water partition coefficient (Wildman–Crippen LogP) is 2.74. The smallest absolute Gasteiger partial charge is 0.0233 e. The van der Waals surface area contributed by atoms with Gasteiger partial charge in [-0.3, -0.25) is 4.90 Å². The second-order valence-corrected chi connectivity index (χ2v) is 5.17. The van der Waals surface area contributed by atoms with E-state index in [2.05, 4.69) is 58.7 Å². The molecule has 0 unspecified atom stereocenters. The molecule has 13 heavy (non-hydrogen) atoms. The van der Waals surface area contributed by atoms with Crippen LogP contribution in [0.15, 0.2) is 24.3 Å². The summed E-state index contributed by atoms with van der Waals surface area (Å²) >= 11 is 2.34. The molecule has 0 bridgehead atoms. The normalized spacial score (nSPS) is 18.6. The summed E-state index contributed by atoms with van der Waals surface area (Å²) in [5.41, 5.74) is 1.44. The van der Waals surface area contributed by atoms with Gasteiger partial charge < -0.3 is 0 Å². The minimum absolute atomic E-state index is 0.906. The quantitative estimate of drug-likeness (QED) is 0.756. The Morgan fingerprint density at radius 1 is 1.31 bits per heavy atom. The van der Waals surface area contributed by atoms with Crippen molar-refractivity contribution >= 4 is 22.6 Å². The lowest BCUT2D eigenvalue weighted by Crippen LogP contribution is -2.44. The molecule has 0 aliphatic carbocycles. The van der Waals surface area contributed by atoms with Crippen LogP contribution in [0.5, 0.6) is 0 Å². The lowest BCUT2D eigenvalue weighted by molar-refractivity contribution is 0.105. The first-order chi connectivity index (χ1) is 6.24. The van der Waals surface area contributed by atoms with Gasteiger partial charge in [0.1, 0.15) is 0 Å². The average molecular weight is 287 g/mol. The molecule has 1 saturated heterocycles. The minimum atomic E-state index is 0.906. The van der Waals surface area contributed by atoms with Gasteiger partial charge in [-0.1, -0.05) is 19.1 Å². The van der Waals surface area contributed by atoms with Crippen LogP contribution < -0.4 is 0 Å². The highest BCUT2D eigenvalue weighted by atomic mass is 127. The first-order valence-electron chi connectivity index (χ1n) is 4.71. The predicted molar refractivity (Wildman–Crippen MR) is 63.6 cm³/mol. The molecule has 2 heteroatoms. The van der Waals surface area contributed by atoms with E-state index in [1.54, 1.807) is 0 Å². The summed E-state index contributed by atoms with van der Waals surface area (Å²) < 4.78 is 1.32. The summed E-state index contributed by atoms with van der Waals surface area (Å²) in [6, 6.07) is 8.81. The average Bonchev–Trinajstić information content (AvgIpc) is 2.06. The maximum absolute atomic E-state index is 2.49. The van der Waals surface area contributed by atoms with Crippen LogP contribution in [-0.2, 0) is 6.54 Å². The Morgan fingerprint density at radius 2 is 1.92 bits per heavy atom. The summed E-state index contributed by atoms with van der Waals surface area (Å²) in [6.45, 7) is 5.98. The second kappa shape index (κ2) is 3.96. The van der Waals surface area contributed by atoms with E-state index in [1.165, 1.54) is 22.2 Å². The molecule has 0 N–H and O–H groups in total. The Morgan fingerprint density at radius 3 is 2.46 bits per heavy atom. The van der Waals surface area contributed by atoms with Crippen molar-refractivity contribution in [2.75, 3.05) is 13.1 Å². The number of nitrogens with zero attached hydrogens (tertiary/aromatic N) is 1. The largest absolute Gasteiger partial charge is 0.298 e. The van der Waals surface area contributed by atoms with E-state index < -0.39 is 0 Å². The molecule has 1 aromatic carbocycles. The third-order valence-corrected chi connectivity index (χ3v) is 3.18. The SMILES string of the molecule is CC1CN(Cc2ccc(I)cc2)C1. The summed E-state index contributed by atoms with van der Waals surface area (Å²) in [5, 5.41) is 0. The molecule has 1 aliphatic rings. The van der Waals surface area contributed by atoms with Crippen molar-refractivity contribution in [2.24, 2.45) is 5.92 Å². The zero-order valence-corrected chi connectivity index (χ0v) is 9.99. The van der Waals surface area contributed by atoms with Gasteiger partial charge in [-0.25, -0.2) is 0 Å². The molecule has 1 aromatic rings. The summed E-state index contributed by atoms with van der Waals surface area (Å²) in [6.07, 6.45) is 0. The van der Waals surface area contributed by atoms with Gasteiger partial charge in [0.15, 0.2) is 0 Å². The fourth-order valence-corrected chi connectivity index (χ4v) is 2.16. The van der Waals surface area contributed by atoms with Gasteiger partial charge in [-0.2, -0.15) is 0 Å². The Bertz CT molecular complexity index is 275. The standard InChI is InChI=1S/C11H14IN/c1-9-6-13(7-9)8-10-2-4-11(12)5-3-10/h2-5,9H,6-8H2,1H3. The summed E-state index contributed by atoms with van der Waals surface area (Å²) in [4.78, 5) is 2.49. The van der Waals surface area contributed by atoms with Gasteiger partial charge >= 0.3 is 0 Å². The summed E-state index contributed by atoms with van der Waals surface area (Å²) in [5.74, 6) is 0.906. The zero-order chi connectivity index (χ0) is 9.26. The third-order valence-electron chi connectivity index (χ3n) is 2.46. The van der Waals surface area contributed by atoms with E-state index >= 15 is 0 Å². The van der Waals surface area contributed by atoms with E-state index in [0.29, 0.717) is 0 Å². The Labute approximate surface area is 93.3 Å². The zero-order valence-electron chi connectivity index (χ0n) is 7.83. The van der Waals surface area contributed by atoms with E-state index in [0.717, 1.165) is 12.5 Å². The highest BCUT2D eigenvalue weighted by Crippen LogP contribution is 2.18. The van der Waals surface area contributed by atoms with Crippen molar-refractivity contribution in [3.8, 4) is 0 Å². The van der Waals surface area contributed by atoms with Crippen LogP contribution in [-0.4, -0.2) is 18.0 Å². The fourth-order valence-electron chi connectivity index (χ4n) is 1.81. The first-order valence-corrected chi connectivity index (χ1v) is 5.79. The van der Waals surface area contributed by atoms with Crippen LogP contribution in [0.1, 0.15) is 12.5 Å². The highest BCUT2D eigenvalue weighted by molar-refractivity contribution is 14.1. The molecule has 0 amide bonds. The van der Waals surface area contributed by atoms with E-state index in [4.69, 9.17) is 0 Å². The lowest BCUT2D eigenvalue weighted by atomic mass is 10.0. The summed E-state index contributed by atoms with van der Waals surface area (Å²) in [7, 11) is 0. The molecule has 0 spiro atoms. The Balaban J connectivity index is 1.91. The number of rotatable bonds is 2. The van der Waals surface area contributed by atoms with E-state index in [1.807, 2.05) is 0 Å². The van der Waals surface area contributed by atoms with Crippen LogP contribution >= 0.6 is 22.6 Å². The molecule has 0 radical (unpaired) electrons.